The summed E-state index contributed by atoms with van der Waals surface area (Å²) in [7, 11) is 1.47. The van der Waals surface area contributed by atoms with E-state index in [0.29, 0.717) is 27.9 Å². The second-order valence-corrected chi connectivity index (χ2v) is 5.15. The van der Waals surface area contributed by atoms with Crippen molar-refractivity contribution in [2.24, 2.45) is 0 Å². The number of hydrogen-bond donors (Lipinski definition) is 2. The van der Waals surface area contributed by atoms with Crippen molar-refractivity contribution in [2.75, 3.05) is 13.7 Å². The molecule has 3 rings (SSSR count). The fourth-order valence-electron chi connectivity index (χ4n) is 2.46. The van der Waals surface area contributed by atoms with Crippen molar-refractivity contribution in [3.05, 3.63) is 41.5 Å². The van der Waals surface area contributed by atoms with Crippen LogP contribution in [0.5, 0.6) is 5.75 Å². The highest BCUT2D eigenvalue weighted by atomic mass is 16.5. The Hall–Kier alpha value is -3.26. The number of carboxylic acid groups (broad SMARTS) is 1. The minimum Gasteiger partial charge on any atom is -0.494 e. The van der Waals surface area contributed by atoms with Crippen molar-refractivity contribution >= 4 is 34.0 Å². The molecule has 0 saturated heterocycles. The second-order valence-electron chi connectivity index (χ2n) is 5.15. The van der Waals surface area contributed by atoms with Crippen LogP contribution in [0.4, 0.5) is 0 Å². The molecule has 0 radical (unpaired) electrons. The number of para-hydroxylation sites is 1. The molecule has 128 valence electrons. The van der Waals surface area contributed by atoms with Crippen molar-refractivity contribution in [2.45, 2.75) is 6.61 Å². The molecule has 0 aliphatic rings. The maximum absolute atomic E-state index is 11.4. The van der Waals surface area contributed by atoms with Gasteiger partial charge in [-0.15, -0.1) is 0 Å². The summed E-state index contributed by atoms with van der Waals surface area (Å²) >= 11 is 0. The number of ether oxygens (including phenoxy) is 2. The molecule has 0 aliphatic heterocycles. The lowest BCUT2D eigenvalue weighted by Crippen LogP contribution is -2.09. The van der Waals surface area contributed by atoms with Crippen LogP contribution in [0.1, 0.15) is 15.9 Å². The molecule has 3 aromatic rings. The van der Waals surface area contributed by atoms with Gasteiger partial charge in [0.1, 0.15) is 30.0 Å². The van der Waals surface area contributed by atoms with Gasteiger partial charge < -0.3 is 19.7 Å². The van der Waals surface area contributed by atoms with E-state index in [1.807, 2.05) is 0 Å². The Morgan fingerprint density at radius 1 is 1.08 bits per heavy atom. The number of benzene rings is 2. The number of methoxy groups -OCH3 is 1. The molecule has 8 nitrogen and oxygen atoms in total. The number of fused-ring (bicyclic) bond motifs is 2. The summed E-state index contributed by atoms with van der Waals surface area (Å²) in [5, 5.41) is 18.1. The SMILES string of the molecule is COc1ccc(COC(=O)CO)c2nc3cccc(C(=O)O)c3nc12. The van der Waals surface area contributed by atoms with Gasteiger partial charge in [-0.2, -0.15) is 0 Å². The number of aromatic nitrogens is 2. The molecule has 0 aliphatic carbocycles. The molecule has 2 aromatic carbocycles. The Labute approximate surface area is 141 Å². The number of rotatable bonds is 5. The first-order chi connectivity index (χ1) is 12.0. The van der Waals surface area contributed by atoms with Crippen molar-refractivity contribution in [1.29, 1.82) is 0 Å². The van der Waals surface area contributed by atoms with E-state index in [0.717, 1.165) is 0 Å². The number of carboxylic acids is 1. The van der Waals surface area contributed by atoms with Crippen LogP contribution < -0.4 is 4.74 Å². The number of aliphatic hydroxyl groups is 1. The van der Waals surface area contributed by atoms with Crippen LogP contribution in [0.25, 0.3) is 22.1 Å². The summed E-state index contributed by atoms with van der Waals surface area (Å²) in [5.74, 6) is -1.45. The predicted molar refractivity (Wildman–Crippen MR) is 87.4 cm³/mol. The van der Waals surface area contributed by atoms with Crippen LogP contribution in [-0.2, 0) is 16.1 Å². The first-order valence-electron chi connectivity index (χ1n) is 7.31. The molecule has 1 heterocycles. The third-order valence-corrected chi connectivity index (χ3v) is 3.64. The van der Waals surface area contributed by atoms with Crippen molar-refractivity contribution in [3.63, 3.8) is 0 Å². The molecule has 0 atom stereocenters. The maximum Gasteiger partial charge on any atom is 0.337 e. The lowest BCUT2D eigenvalue weighted by atomic mass is 10.1. The summed E-state index contributed by atoms with van der Waals surface area (Å²) in [6, 6.07) is 7.99. The topological polar surface area (TPSA) is 119 Å². The van der Waals surface area contributed by atoms with E-state index in [1.165, 1.54) is 13.2 Å². The van der Waals surface area contributed by atoms with Gasteiger partial charge in [-0.3, -0.25) is 0 Å². The van der Waals surface area contributed by atoms with E-state index in [4.69, 9.17) is 14.6 Å². The van der Waals surface area contributed by atoms with E-state index in [2.05, 4.69) is 9.97 Å². The first kappa shape index (κ1) is 16.6. The number of nitrogens with zero attached hydrogens (tertiary/aromatic N) is 2. The number of carbonyl (C=O) groups excluding carboxylic acids is 1. The quantitative estimate of drug-likeness (QED) is 0.529. The molecular weight excluding hydrogens is 328 g/mol. The van der Waals surface area contributed by atoms with Crippen LogP contribution >= 0.6 is 0 Å². The van der Waals surface area contributed by atoms with Crippen LogP contribution in [0, 0.1) is 0 Å². The second kappa shape index (κ2) is 6.70. The van der Waals surface area contributed by atoms with Crippen LogP contribution in [0.3, 0.4) is 0 Å². The Morgan fingerprint density at radius 3 is 2.56 bits per heavy atom. The Balaban J connectivity index is 2.24. The van der Waals surface area contributed by atoms with Gasteiger partial charge >= 0.3 is 11.9 Å². The summed E-state index contributed by atoms with van der Waals surface area (Å²) in [4.78, 5) is 31.5. The van der Waals surface area contributed by atoms with Gasteiger partial charge in [0.15, 0.2) is 0 Å². The minimum atomic E-state index is -1.11. The van der Waals surface area contributed by atoms with Gasteiger partial charge in [-0.05, 0) is 24.3 Å². The molecule has 0 saturated carbocycles. The molecule has 0 amide bonds. The van der Waals surface area contributed by atoms with E-state index in [9.17, 15) is 14.7 Å². The van der Waals surface area contributed by atoms with E-state index in [-0.39, 0.29) is 17.7 Å². The van der Waals surface area contributed by atoms with Gasteiger partial charge in [0.2, 0.25) is 0 Å². The molecule has 0 fully saturated rings. The lowest BCUT2D eigenvalue weighted by Gasteiger charge is -2.11. The lowest BCUT2D eigenvalue weighted by molar-refractivity contribution is -0.148. The van der Waals surface area contributed by atoms with Gasteiger partial charge in [0.25, 0.3) is 0 Å². The standard InChI is InChI=1S/C17H14N2O6/c1-24-12-6-5-9(8-25-13(21)7-20)14-16(12)19-15-10(17(22)23)3-2-4-11(15)18-14/h2-6,20H,7-8H2,1H3,(H,22,23). The average molecular weight is 342 g/mol. The molecular formula is C17H14N2O6. The highest BCUT2D eigenvalue weighted by molar-refractivity contribution is 6.03. The van der Waals surface area contributed by atoms with Gasteiger partial charge in [-0.25, -0.2) is 19.6 Å². The van der Waals surface area contributed by atoms with Crippen LogP contribution in [-0.4, -0.2) is 45.8 Å². The fourth-order valence-corrected chi connectivity index (χ4v) is 2.46. The molecule has 8 heteroatoms. The van der Waals surface area contributed by atoms with E-state index in [1.54, 1.807) is 24.3 Å². The number of aromatic carboxylic acids is 1. The first-order valence-corrected chi connectivity index (χ1v) is 7.31. The Bertz CT molecular complexity index is 986. The van der Waals surface area contributed by atoms with E-state index < -0.39 is 18.5 Å². The molecule has 25 heavy (non-hydrogen) atoms. The third-order valence-electron chi connectivity index (χ3n) is 3.64. The molecule has 2 N–H and O–H groups in total. The predicted octanol–water partition coefficient (Wildman–Crippen LogP) is 1.53. The number of aliphatic hydroxyl groups excluding tert-OH is 1. The van der Waals surface area contributed by atoms with Gasteiger partial charge in [-0.1, -0.05) is 6.07 Å². The fraction of sp³-hybridized carbons (Fsp3) is 0.176. The molecule has 0 bridgehead atoms. The number of carbonyl (C=O) groups is 2. The van der Waals surface area contributed by atoms with Crippen molar-refractivity contribution in [3.8, 4) is 5.75 Å². The maximum atomic E-state index is 11.4. The van der Waals surface area contributed by atoms with E-state index >= 15 is 0 Å². The van der Waals surface area contributed by atoms with Gasteiger partial charge in [0, 0.05) is 5.56 Å². The number of esters is 1. The van der Waals surface area contributed by atoms with Crippen molar-refractivity contribution < 1.29 is 29.3 Å². The summed E-state index contributed by atoms with van der Waals surface area (Å²) in [6.45, 7) is -0.816. The summed E-state index contributed by atoms with van der Waals surface area (Å²) < 4.78 is 10.2. The molecule has 0 unspecified atom stereocenters. The highest BCUT2D eigenvalue weighted by Gasteiger charge is 2.16. The molecule has 1 aromatic heterocycles. The Morgan fingerprint density at radius 2 is 1.88 bits per heavy atom. The highest BCUT2D eigenvalue weighted by Crippen LogP contribution is 2.29. The smallest absolute Gasteiger partial charge is 0.337 e. The van der Waals surface area contributed by atoms with Gasteiger partial charge in [0.05, 0.1) is 23.7 Å². The summed E-state index contributed by atoms with van der Waals surface area (Å²) in [5.41, 5.74) is 2.03. The normalized spacial score (nSPS) is 10.8. The monoisotopic (exact) mass is 342 g/mol. The largest absolute Gasteiger partial charge is 0.494 e. The van der Waals surface area contributed by atoms with Crippen LogP contribution in [0.2, 0.25) is 0 Å². The zero-order valence-electron chi connectivity index (χ0n) is 13.2. The Kier molecular flexibility index (Phi) is 4.44. The third kappa shape index (κ3) is 3.07. The average Bonchev–Trinajstić information content (AvgIpc) is 2.63. The summed E-state index contributed by atoms with van der Waals surface area (Å²) in [6.07, 6.45) is 0. The van der Waals surface area contributed by atoms with Crippen molar-refractivity contribution in [1.82, 2.24) is 9.97 Å². The number of hydrogen-bond acceptors (Lipinski definition) is 7. The zero-order valence-corrected chi connectivity index (χ0v) is 13.2. The molecule has 0 spiro atoms. The minimum absolute atomic E-state index is 0.0334. The zero-order chi connectivity index (χ0) is 18.0. The van der Waals surface area contributed by atoms with Crippen LogP contribution in [0.15, 0.2) is 30.3 Å².